The van der Waals surface area contributed by atoms with Crippen LogP contribution in [0.5, 0.6) is 0 Å². The van der Waals surface area contributed by atoms with E-state index in [4.69, 9.17) is 20.8 Å². The SMILES string of the molecule is CC(C)(C)OC(=O)N1CCN(Cc2ccc3cc(-c4ccccc4NC(=O)c4ccc(Cl)cc4)oc3c2)CC1. The van der Waals surface area contributed by atoms with Crippen molar-refractivity contribution >= 4 is 40.3 Å². The van der Waals surface area contributed by atoms with Crippen LogP contribution in [0.25, 0.3) is 22.3 Å². The summed E-state index contributed by atoms with van der Waals surface area (Å²) in [5, 5.41) is 4.56. The molecule has 2 heterocycles. The number of hydrogen-bond acceptors (Lipinski definition) is 5. The van der Waals surface area contributed by atoms with Gasteiger partial charge in [-0.15, -0.1) is 0 Å². The van der Waals surface area contributed by atoms with Gasteiger partial charge in [-0.25, -0.2) is 4.79 Å². The molecule has 1 aliphatic rings. The summed E-state index contributed by atoms with van der Waals surface area (Å²) in [6.45, 7) is 9.25. The third kappa shape index (κ3) is 6.61. The summed E-state index contributed by atoms with van der Waals surface area (Å²) in [6.07, 6.45) is -0.253. The highest BCUT2D eigenvalue weighted by Gasteiger charge is 2.26. The lowest BCUT2D eigenvalue weighted by molar-refractivity contribution is 0.0139. The highest BCUT2D eigenvalue weighted by molar-refractivity contribution is 6.30. The zero-order valence-electron chi connectivity index (χ0n) is 22.4. The van der Waals surface area contributed by atoms with Gasteiger partial charge in [-0.3, -0.25) is 9.69 Å². The normalized spacial score (nSPS) is 14.4. The molecule has 2 amide bonds. The van der Waals surface area contributed by atoms with Gasteiger partial charge in [-0.1, -0.05) is 35.9 Å². The molecule has 1 N–H and O–H groups in total. The first kappa shape index (κ1) is 26.8. The van der Waals surface area contributed by atoms with Crippen LogP contribution >= 0.6 is 11.6 Å². The first-order chi connectivity index (χ1) is 18.6. The van der Waals surface area contributed by atoms with Gasteiger partial charge < -0.3 is 19.4 Å². The van der Waals surface area contributed by atoms with Crippen LogP contribution in [0.4, 0.5) is 10.5 Å². The number of anilines is 1. The van der Waals surface area contributed by atoms with Gasteiger partial charge in [0, 0.05) is 54.3 Å². The van der Waals surface area contributed by atoms with Crippen molar-refractivity contribution in [1.82, 2.24) is 9.80 Å². The van der Waals surface area contributed by atoms with Gasteiger partial charge in [0.2, 0.25) is 0 Å². The molecule has 7 nitrogen and oxygen atoms in total. The van der Waals surface area contributed by atoms with E-state index in [-0.39, 0.29) is 12.0 Å². The molecule has 5 rings (SSSR count). The Morgan fingerprint density at radius 3 is 2.38 bits per heavy atom. The Balaban J connectivity index is 1.27. The number of nitrogens with one attached hydrogen (secondary N) is 1. The zero-order valence-corrected chi connectivity index (χ0v) is 23.1. The molecule has 202 valence electrons. The Morgan fingerprint density at radius 1 is 0.949 bits per heavy atom. The van der Waals surface area contributed by atoms with E-state index in [0.717, 1.165) is 41.7 Å². The fourth-order valence-electron chi connectivity index (χ4n) is 4.58. The number of rotatable bonds is 5. The minimum atomic E-state index is -0.492. The topological polar surface area (TPSA) is 75.0 Å². The molecule has 1 saturated heterocycles. The quantitative estimate of drug-likeness (QED) is 0.290. The standard InChI is InChI=1S/C31H32ClN3O4/c1-31(2,3)39-30(37)35-16-14-34(15-17-35)20-21-8-9-23-19-28(38-27(23)18-21)25-6-4-5-7-26(25)33-29(36)22-10-12-24(32)13-11-22/h4-13,18-19H,14-17,20H2,1-3H3,(H,33,36). The summed E-state index contributed by atoms with van der Waals surface area (Å²) in [4.78, 5) is 29.3. The van der Waals surface area contributed by atoms with Crippen molar-refractivity contribution < 1.29 is 18.7 Å². The number of fused-ring (bicyclic) bond motifs is 1. The van der Waals surface area contributed by atoms with Crippen molar-refractivity contribution in [3.05, 3.63) is 88.9 Å². The predicted octanol–water partition coefficient (Wildman–Crippen LogP) is 7.06. The molecule has 0 aliphatic carbocycles. The van der Waals surface area contributed by atoms with Crippen LogP contribution in [0.1, 0.15) is 36.7 Å². The fraction of sp³-hybridized carbons (Fsp3) is 0.290. The summed E-state index contributed by atoms with van der Waals surface area (Å²) in [7, 11) is 0. The van der Waals surface area contributed by atoms with Gasteiger partial charge in [0.05, 0.1) is 5.69 Å². The Hall–Kier alpha value is -3.81. The molecule has 4 aromatic rings. The number of nitrogens with zero attached hydrogens (tertiary/aromatic N) is 2. The molecule has 0 saturated carbocycles. The van der Waals surface area contributed by atoms with Crippen molar-refractivity contribution in [1.29, 1.82) is 0 Å². The molecule has 1 aromatic heterocycles. The molecule has 1 aliphatic heterocycles. The van der Waals surface area contributed by atoms with E-state index in [1.165, 1.54) is 0 Å². The maximum Gasteiger partial charge on any atom is 0.410 e. The highest BCUT2D eigenvalue weighted by Crippen LogP contribution is 2.33. The van der Waals surface area contributed by atoms with Crippen LogP contribution in [-0.2, 0) is 11.3 Å². The molecule has 8 heteroatoms. The minimum absolute atomic E-state index is 0.218. The summed E-state index contributed by atoms with van der Waals surface area (Å²) in [5.74, 6) is 0.462. The van der Waals surface area contributed by atoms with Crippen LogP contribution < -0.4 is 5.32 Å². The van der Waals surface area contributed by atoms with Crippen LogP contribution in [0.15, 0.2) is 77.2 Å². The summed E-state index contributed by atoms with van der Waals surface area (Å²) < 4.78 is 11.8. The number of furan rings is 1. The van der Waals surface area contributed by atoms with E-state index >= 15 is 0 Å². The minimum Gasteiger partial charge on any atom is -0.456 e. The van der Waals surface area contributed by atoms with Crippen molar-refractivity contribution in [2.24, 2.45) is 0 Å². The molecule has 0 spiro atoms. The van der Waals surface area contributed by atoms with Crippen molar-refractivity contribution in [3.63, 3.8) is 0 Å². The van der Waals surface area contributed by atoms with Gasteiger partial charge in [0.15, 0.2) is 0 Å². The highest BCUT2D eigenvalue weighted by atomic mass is 35.5. The van der Waals surface area contributed by atoms with E-state index in [9.17, 15) is 9.59 Å². The summed E-state index contributed by atoms with van der Waals surface area (Å²) in [6, 6.07) is 22.6. The lowest BCUT2D eigenvalue weighted by atomic mass is 10.1. The number of carbonyl (C=O) groups is 2. The number of para-hydroxylation sites is 1. The summed E-state index contributed by atoms with van der Waals surface area (Å²) in [5.41, 5.74) is 3.42. The van der Waals surface area contributed by atoms with Crippen LogP contribution in [0.3, 0.4) is 0 Å². The first-order valence-electron chi connectivity index (χ1n) is 13.0. The number of piperazine rings is 1. The predicted molar refractivity (Wildman–Crippen MR) is 154 cm³/mol. The Bertz CT molecular complexity index is 1480. The van der Waals surface area contributed by atoms with Gasteiger partial charge in [-0.2, -0.15) is 0 Å². The van der Waals surface area contributed by atoms with Gasteiger partial charge in [-0.05, 0) is 74.9 Å². The Kier molecular flexibility index (Phi) is 7.64. The van der Waals surface area contributed by atoms with Crippen molar-refractivity contribution in [2.75, 3.05) is 31.5 Å². The monoisotopic (exact) mass is 545 g/mol. The zero-order chi connectivity index (χ0) is 27.6. The number of hydrogen-bond donors (Lipinski definition) is 1. The maximum absolute atomic E-state index is 12.8. The molecular weight excluding hydrogens is 514 g/mol. The van der Waals surface area contributed by atoms with E-state index in [1.54, 1.807) is 29.2 Å². The van der Waals surface area contributed by atoms with Crippen LogP contribution in [0, 0.1) is 0 Å². The number of carbonyl (C=O) groups excluding carboxylic acids is 2. The van der Waals surface area contributed by atoms with E-state index in [1.807, 2.05) is 51.1 Å². The molecule has 0 radical (unpaired) electrons. The summed E-state index contributed by atoms with van der Waals surface area (Å²) >= 11 is 5.96. The second-order valence-corrected chi connectivity index (χ2v) is 11.2. The van der Waals surface area contributed by atoms with Crippen LogP contribution in [-0.4, -0.2) is 53.6 Å². The Labute approximate surface area is 233 Å². The molecular formula is C31H32ClN3O4. The van der Waals surface area contributed by atoms with Crippen molar-refractivity contribution in [3.8, 4) is 11.3 Å². The molecule has 0 unspecified atom stereocenters. The number of halogens is 1. The largest absolute Gasteiger partial charge is 0.456 e. The van der Waals surface area contributed by atoms with E-state index in [2.05, 4.69) is 28.4 Å². The molecule has 1 fully saturated rings. The second-order valence-electron chi connectivity index (χ2n) is 10.7. The van der Waals surface area contributed by atoms with E-state index < -0.39 is 5.60 Å². The van der Waals surface area contributed by atoms with Gasteiger partial charge >= 0.3 is 6.09 Å². The van der Waals surface area contributed by atoms with E-state index in [0.29, 0.717) is 35.1 Å². The van der Waals surface area contributed by atoms with Crippen LogP contribution in [0.2, 0.25) is 5.02 Å². The molecule has 3 aromatic carbocycles. The molecule has 0 bridgehead atoms. The third-order valence-electron chi connectivity index (χ3n) is 6.56. The molecule has 39 heavy (non-hydrogen) atoms. The average molecular weight is 546 g/mol. The third-order valence-corrected chi connectivity index (χ3v) is 6.81. The first-order valence-corrected chi connectivity index (χ1v) is 13.4. The Morgan fingerprint density at radius 2 is 1.67 bits per heavy atom. The molecule has 0 atom stereocenters. The maximum atomic E-state index is 12.8. The second kappa shape index (κ2) is 11.1. The van der Waals surface area contributed by atoms with Gasteiger partial charge in [0.25, 0.3) is 5.91 Å². The average Bonchev–Trinajstić information content (AvgIpc) is 3.32. The lowest BCUT2D eigenvalue weighted by Crippen LogP contribution is -2.49. The number of ether oxygens (including phenoxy) is 1. The number of amides is 2. The van der Waals surface area contributed by atoms with Gasteiger partial charge in [0.1, 0.15) is 16.9 Å². The number of benzene rings is 3. The lowest BCUT2D eigenvalue weighted by Gasteiger charge is -2.35. The fourth-order valence-corrected chi connectivity index (χ4v) is 4.71. The van der Waals surface area contributed by atoms with Crippen molar-refractivity contribution in [2.45, 2.75) is 32.9 Å². The smallest absolute Gasteiger partial charge is 0.410 e.